The summed E-state index contributed by atoms with van der Waals surface area (Å²) in [5, 5.41) is 0. The second-order valence-electron chi connectivity index (χ2n) is 3.99. The van der Waals surface area contributed by atoms with Crippen molar-refractivity contribution >= 4 is 11.8 Å². The standard InChI is InChI=1S/C11H16O5/c1-7(12)10-8(5-6-9(13)14-4)15-11(2,3)16-10/h5-6H2,1-4H3. The van der Waals surface area contributed by atoms with Crippen molar-refractivity contribution in [2.45, 2.75) is 39.4 Å². The first kappa shape index (κ1) is 12.5. The highest BCUT2D eigenvalue weighted by atomic mass is 16.7. The topological polar surface area (TPSA) is 61.8 Å². The maximum absolute atomic E-state index is 11.3. The average Bonchev–Trinajstić information content (AvgIpc) is 2.50. The summed E-state index contributed by atoms with van der Waals surface area (Å²) in [4.78, 5) is 22.3. The third-order valence-corrected chi connectivity index (χ3v) is 2.07. The lowest BCUT2D eigenvalue weighted by molar-refractivity contribution is -0.142. The summed E-state index contributed by atoms with van der Waals surface area (Å²) in [6, 6.07) is 0. The van der Waals surface area contributed by atoms with Gasteiger partial charge < -0.3 is 14.2 Å². The number of methoxy groups -OCH3 is 1. The number of ketones is 1. The molecule has 0 aliphatic carbocycles. The van der Waals surface area contributed by atoms with Gasteiger partial charge >= 0.3 is 5.97 Å². The van der Waals surface area contributed by atoms with E-state index in [0.29, 0.717) is 12.2 Å². The number of rotatable bonds is 4. The molecule has 0 saturated carbocycles. The maximum Gasteiger partial charge on any atom is 0.305 e. The Labute approximate surface area is 94.4 Å². The van der Waals surface area contributed by atoms with Gasteiger partial charge in [0.05, 0.1) is 13.5 Å². The average molecular weight is 228 g/mol. The molecule has 16 heavy (non-hydrogen) atoms. The first-order valence-electron chi connectivity index (χ1n) is 5.04. The van der Waals surface area contributed by atoms with E-state index in [1.165, 1.54) is 14.0 Å². The Hall–Kier alpha value is -1.52. The molecule has 5 nitrogen and oxygen atoms in total. The number of ether oxygens (including phenoxy) is 3. The van der Waals surface area contributed by atoms with Crippen LogP contribution in [0.25, 0.3) is 0 Å². The number of carbonyl (C=O) groups excluding carboxylic acids is 2. The van der Waals surface area contributed by atoms with Crippen LogP contribution >= 0.6 is 0 Å². The predicted molar refractivity (Wildman–Crippen MR) is 55.2 cm³/mol. The van der Waals surface area contributed by atoms with Gasteiger partial charge in [-0.1, -0.05) is 0 Å². The quantitative estimate of drug-likeness (QED) is 0.683. The molecule has 0 bridgehead atoms. The van der Waals surface area contributed by atoms with Crippen molar-refractivity contribution in [3.05, 3.63) is 11.5 Å². The Morgan fingerprint density at radius 1 is 1.31 bits per heavy atom. The van der Waals surface area contributed by atoms with E-state index in [1.54, 1.807) is 13.8 Å². The monoisotopic (exact) mass is 228 g/mol. The summed E-state index contributed by atoms with van der Waals surface area (Å²) in [5.41, 5.74) is 0. The molecular formula is C11H16O5. The van der Waals surface area contributed by atoms with Gasteiger partial charge in [-0.05, 0) is 0 Å². The summed E-state index contributed by atoms with van der Waals surface area (Å²) in [6.07, 6.45) is 0.479. The number of hydrogen-bond donors (Lipinski definition) is 0. The van der Waals surface area contributed by atoms with Crippen LogP contribution < -0.4 is 0 Å². The fourth-order valence-electron chi connectivity index (χ4n) is 1.42. The maximum atomic E-state index is 11.3. The molecule has 0 amide bonds. The number of allylic oxidation sites excluding steroid dienone is 2. The Bertz CT molecular complexity index is 340. The van der Waals surface area contributed by atoms with Crippen molar-refractivity contribution in [1.82, 2.24) is 0 Å². The molecule has 0 aromatic rings. The highest BCUT2D eigenvalue weighted by Gasteiger charge is 2.35. The first-order valence-corrected chi connectivity index (χ1v) is 5.04. The van der Waals surface area contributed by atoms with Crippen LogP contribution in [0.5, 0.6) is 0 Å². The molecule has 1 aliphatic rings. The molecule has 0 atom stereocenters. The Balaban J connectivity index is 2.71. The van der Waals surface area contributed by atoms with Crippen LogP contribution in [-0.4, -0.2) is 24.6 Å². The summed E-state index contributed by atoms with van der Waals surface area (Å²) in [5.74, 6) is -0.766. The summed E-state index contributed by atoms with van der Waals surface area (Å²) < 4.78 is 15.3. The van der Waals surface area contributed by atoms with Gasteiger partial charge in [0.1, 0.15) is 5.76 Å². The predicted octanol–water partition coefficient (Wildman–Crippen LogP) is 1.52. The van der Waals surface area contributed by atoms with Gasteiger partial charge in [0.2, 0.25) is 11.5 Å². The highest BCUT2D eigenvalue weighted by molar-refractivity contribution is 5.92. The van der Waals surface area contributed by atoms with E-state index in [9.17, 15) is 9.59 Å². The lowest BCUT2D eigenvalue weighted by atomic mass is 10.2. The Morgan fingerprint density at radius 2 is 1.94 bits per heavy atom. The minimum Gasteiger partial charge on any atom is -0.469 e. The molecule has 0 spiro atoms. The number of Topliss-reactive ketones (excluding diaryl/α,β-unsaturated/α-hetero) is 1. The van der Waals surface area contributed by atoms with Crippen molar-refractivity contribution in [2.75, 3.05) is 7.11 Å². The molecule has 0 aromatic heterocycles. The van der Waals surface area contributed by atoms with Crippen molar-refractivity contribution < 1.29 is 23.8 Å². The van der Waals surface area contributed by atoms with Crippen LogP contribution in [0.1, 0.15) is 33.6 Å². The van der Waals surface area contributed by atoms with E-state index in [0.717, 1.165) is 0 Å². The van der Waals surface area contributed by atoms with E-state index in [1.807, 2.05) is 0 Å². The van der Waals surface area contributed by atoms with Gasteiger partial charge in [-0.15, -0.1) is 0 Å². The third-order valence-electron chi connectivity index (χ3n) is 2.07. The number of carbonyl (C=O) groups is 2. The Kier molecular flexibility index (Phi) is 3.57. The molecule has 1 heterocycles. The molecule has 0 unspecified atom stereocenters. The highest BCUT2D eigenvalue weighted by Crippen LogP contribution is 2.33. The van der Waals surface area contributed by atoms with Crippen molar-refractivity contribution in [3.63, 3.8) is 0 Å². The van der Waals surface area contributed by atoms with Gasteiger partial charge in [-0.25, -0.2) is 0 Å². The zero-order valence-corrected chi connectivity index (χ0v) is 9.96. The summed E-state index contributed by atoms with van der Waals surface area (Å²) in [6.45, 7) is 4.82. The molecule has 0 fully saturated rings. The molecule has 1 rings (SSSR count). The van der Waals surface area contributed by atoms with E-state index < -0.39 is 5.79 Å². The van der Waals surface area contributed by atoms with Gasteiger partial charge in [-0.2, -0.15) is 0 Å². The van der Waals surface area contributed by atoms with Crippen LogP contribution in [0, 0.1) is 0 Å². The minimum atomic E-state index is -0.841. The lowest BCUT2D eigenvalue weighted by Gasteiger charge is -2.18. The largest absolute Gasteiger partial charge is 0.469 e. The molecule has 0 aromatic carbocycles. The molecule has 0 radical (unpaired) electrons. The van der Waals surface area contributed by atoms with Crippen LogP contribution in [0.3, 0.4) is 0 Å². The first-order chi connectivity index (χ1) is 7.35. The smallest absolute Gasteiger partial charge is 0.305 e. The molecule has 90 valence electrons. The van der Waals surface area contributed by atoms with Gasteiger partial charge in [0.15, 0.2) is 5.78 Å². The van der Waals surface area contributed by atoms with Crippen LogP contribution in [0.15, 0.2) is 11.5 Å². The van der Waals surface area contributed by atoms with Crippen LogP contribution in [0.4, 0.5) is 0 Å². The normalized spacial score (nSPS) is 17.8. The number of hydrogen-bond acceptors (Lipinski definition) is 5. The van der Waals surface area contributed by atoms with E-state index in [4.69, 9.17) is 9.47 Å². The Morgan fingerprint density at radius 3 is 2.44 bits per heavy atom. The van der Waals surface area contributed by atoms with Crippen LogP contribution in [0.2, 0.25) is 0 Å². The second-order valence-corrected chi connectivity index (χ2v) is 3.99. The fourth-order valence-corrected chi connectivity index (χ4v) is 1.42. The fraction of sp³-hybridized carbons (Fsp3) is 0.636. The number of esters is 1. The zero-order chi connectivity index (χ0) is 12.3. The molecule has 0 saturated heterocycles. The van der Waals surface area contributed by atoms with Gasteiger partial charge in [-0.3, -0.25) is 9.59 Å². The summed E-state index contributed by atoms with van der Waals surface area (Å²) >= 11 is 0. The molecular weight excluding hydrogens is 212 g/mol. The van der Waals surface area contributed by atoms with E-state index in [-0.39, 0.29) is 23.9 Å². The van der Waals surface area contributed by atoms with Gasteiger partial charge in [0, 0.05) is 27.2 Å². The molecule has 1 aliphatic heterocycles. The van der Waals surface area contributed by atoms with Crippen molar-refractivity contribution in [3.8, 4) is 0 Å². The van der Waals surface area contributed by atoms with E-state index in [2.05, 4.69) is 4.74 Å². The van der Waals surface area contributed by atoms with Gasteiger partial charge in [0.25, 0.3) is 0 Å². The van der Waals surface area contributed by atoms with E-state index >= 15 is 0 Å². The summed E-state index contributed by atoms with van der Waals surface area (Å²) in [7, 11) is 1.32. The van der Waals surface area contributed by atoms with Crippen LogP contribution in [-0.2, 0) is 23.8 Å². The lowest BCUT2D eigenvalue weighted by Crippen LogP contribution is -2.21. The zero-order valence-electron chi connectivity index (χ0n) is 9.96. The SMILES string of the molecule is COC(=O)CCC1=C(C(C)=O)OC(C)(C)O1. The third kappa shape index (κ3) is 2.98. The molecule has 5 heteroatoms. The van der Waals surface area contributed by atoms with Crippen molar-refractivity contribution in [1.29, 1.82) is 0 Å². The minimum absolute atomic E-state index is 0.169. The second kappa shape index (κ2) is 4.55. The molecule has 0 N–H and O–H groups in total. The van der Waals surface area contributed by atoms with Crippen molar-refractivity contribution in [2.24, 2.45) is 0 Å².